The van der Waals surface area contributed by atoms with Crippen LogP contribution in [0.4, 0.5) is 0 Å². The van der Waals surface area contributed by atoms with Gasteiger partial charge in [-0.15, -0.1) is 0 Å². The number of nitrogens with zero attached hydrogens (tertiary/aromatic N) is 2. The molecule has 1 fully saturated rings. The number of hydrogen-bond donors (Lipinski definition) is 1. The predicted octanol–water partition coefficient (Wildman–Crippen LogP) is 2.14. The van der Waals surface area contributed by atoms with E-state index in [9.17, 15) is 0 Å². The second-order valence-corrected chi connectivity index (χ2v) is 5.00. The van der Waals surface area contributed by atoms with Crippen LogP contribution in [0.1, 0.15) is 44.0 Å². The van der Waals surface area contributed by atoms with Crippen molar-refractivity contribution < 1.29 is 0 Å². The average Bonchev–Trinajstić information content (AvgIpc) is 2.31. The molecular weight excluding hydrogens is 198 g/mol. The lowest BCUT2D eigenvalue weighted by Gasteiger charge is -2.21. The molecule has 0 saturated carbocycles. The summed E-state index contributed by atoms with van der Waals surface area (Å²) < 4.78 is 0. The van der Waals surface area contributed by atoms with Crippen molar-refractivity contribution in [2.45, 2.75) is 39.0 Å². The van der Waals surface area contributed by atoms with Gasteiger partial charge in [-0.25, -0.2) is 9.97 Å². The number of aromatic nitrogens is 2. The van der Waals surface area contributed by atoms with Crippen LogP contribution in [0.2, 0.25) is 0 Å². The Hall–Kier alpha value is -0.960. The Balaban J connectivity index is 1.93. The molecule has 0 bridgehead atoms. The summed E-state index contributed by atoms with van der Waals surface area (Å²) in [5.74, 6) is 2.24. The number of piperidine rings is 1. The van der Waals surface area contributed by atoms with Crippen LogP contribution in [0.25, 0.3) is 0 Å². The summed E-state index contributed by atoms with van der Waals surface area (Å²) in [5.41, 5.74) is 1.23. The molecule has 0 aromatic carbocycles. The van der Waals surface area contributed by atoms with Crippen LogP contribution in [0, 0.1) is 5.92 Å². The predicted molar refractivity (Wildman–Crippen MR) is 65.4 cm³/mol. The summed E-state index contributed by atoms with van der Waals surface area (Å²) in [6.07, 6.45) is 7.56. The molecule has 3 heteroatoms. The third kappa shape index (κ3) is 3.01. The highest BCUT2D eigenvalue weighted by molar-refractivity contribution is 5.09. The Morgan fingerprint density at radius 1 is 1.38 bits per heavy atom. The van der Waals surface area contributed by atoms with E-state index in [4.69, 9.17) is 0 Å². The second-order valence-electron chi connectivity index (χ2n) is 5.00. The van der Waals surface area contributed by atoms with Crippen molar-refractivity contribution >= 4 is 0 Å². The molecule has 1 aromatic rings. The van der Waals surface area contributed by atoms with Crippen LogP contribution in [-0.2, 0) is 6.42 Å². The van der Waals surface area contributed by atoms with Gasteiger partial charge in [0.15, 0.2) is 0 Å². The molecule has 1 atom stereocenters. The van der Waals surface area contributed by atoms with Gasteiger partial charge in [0.25, 0.3) is 0 Å². The molecule has 1 aliphatic rings. The summed E-state index contributed by atoms with van der Waals surface area (Å²) >= 11 is 0. The Morgan fingerprint density at radius 3 is 2.69 bits per heavy atom. The topological polar surface area (TPSA) is 37.8 Å². The van der Waals surface area contributed by atoms with Crippen molar-refractivity contribution in [2.75, 3.05) is 13.1 Å². The van der Waals surface area contributed by atoms with E-state index in [1.54, 1.807) is 0 Å². The largest absolute Gasteiger partial charge is 0.316 e. The lowest BCUT2D eigenvalue weighted by molar-refractivity contribution is 0.370. The zero-order chi connectivity index (χ0) is 11.4. The normalized spacial score (nSPS) is 21.3. The Bertz CT molecular complexity index is 312. The third-order valence-electron chi connectivity index (χ3n) is 3.26. The van der Waals surface area contributed by atoms with Gasteiger partial charge in [0, 0.05) is 18.8 Å². The van der Waals surface area contributed by atoms with Crippen molar-refractivity contribution in [3.05, 3.63) is 23.8 Å². The molecule has 1 N–H and O–H groups in total. The summed E-state index contributed by atoms with van der Waals surface area (Å²) in [5, 5.41) is 3.43. The molecule has 88 valence electrons. The molecule has 2 heterocycles. The summed E-state index contributed by atoms with van der Waals surface area (Å²) in [7, 11) is 0. The highest BCUT2D eigenvalue weighted by Gasteiger charge is 2.14. The molecule has 2 rings (SSSR count). The van der Waals surface area contributed by atoms with Crippen molar-refractivity contribution in [3.8, 4) is 0 Å². The molecule has 1 aliphatic heterocycles. The standard InChI is InChI=1S/C13H21N3/c1-10(2)12-8-15-13(16-9-12)6-11-4-3-5-14-7-11/h8-11,14H,3-7H2,1-2H3. The van der Waals surface area contributed by atoms with Crippen LogP contribution < -0.4 is 5.32 Å². The van der Waals surface area contributed by atoms with Gasteiger partial charge in [0.05, 0.1) is 0 Å². The third-order valence-corrected chi connectivity index (χ3v) is 3.26. The van der Waals surface area contributed by atoms with E-state index >= 15 is 0 Å². The molecule has 16 heavy (non-hydrogen) atoms. The molecule has 1 unspecified atom stereocenters. The van der Waals surface area contributed by atoms with Gasteiger partial charge in [0.2, 0.25) is 0 Å². The zero-order valence-corrected chi connectivity index (χ0v) is 10.2. The first-order chi connectivity index (χ1) is 7.75. The van der Waals surface area contributed by atoms with Gasteiger partial charge >= 0.3 is 0 Å². The minimum atomic E-state index is 0.519. The zero-order valence-electron chi connectivity index (χ0n) is 10.2. The summed E-state index contributed by atoms with van der Waals surface area (Å²) in [6, 6.07) is 0. The molecule has 0 amide bonds. The van der Waals surface area contributed by atoms with Crippen molar-refractivity contribution in [3.63, 3.8) is 0 Å². The SMILES string of the molecule is CC(C)c1cnc(CC2CCCNC2)nc1. The van der Waals surface area contributed by atoms with Gasteiger partial charge in [0.1, 0.15) is 5.82 Å². The second kappa shape index (κ2) is 5.39. The van der Waals surface area contributed by atoms with Crippen LogP contribution in [0.15, 0.2) is 12.4 Å². The first-order valence-corrected chi connectivity index (χ1v) is 6.27. The molecular formula is C13H21N3. The summed E-state index contributed by atoms with van der Waals surface area (Å²) in [4.78, 5) is 8.91. The van der Waals surface area contributed by atoms with Gasteiger partial charge in [-0.1, -0.05) is 13.8 Å². The van der Waals surface area contributed by atoms with Crippen molar-refractivity contribution in [1.82, 2.24) is 15.3 Å². The van der Waals surface area contributed by atoms with Gasteiger partial charge in [-0.2, -0.15) is 0 Å². The lowest BCUT2D eigenvalue weighted by atomic mass is 9.96. The first-order valence-electron chi connectivity index (χ1n) is 6.27. The van der Waals surface area contributed by atoms with E-state index < -0.39 is 0 Å². The molecule has 1 aromatic heterocycles. The Labute approximate surface area is 97.7 Å². The molecule has 3 nitrogen and oxygen atoms in total. The fourth-order valence-corrected chi connectivity index (χ4v) is 2.12. The van der Waals surface area contributed by atoms with Crippen molar-refractivity contribution in [1.29, 1.82) is 0 Å². The monoisotopic (exact) mass is 219 g/mol. The maximum Gasteiger partial charge on any atom is 0.128 e. The smallest absolute Gasteiger partial charge is 0.128 e. The number of nitrogens with one attached hydrogen (secondary N) is 1. The van der Waals surface area contributed by atoms with E-state index in [0.29, 0.717) is 5.92 Å². The van der Waals surface area contributed by atoms with E-state index in [1.165, 1.54) is 24.9 Å². The highest BCUT2D eigenvalue weighted by atomic mass is 14.9. The number of rotatable bonds is 3. The maximum absolute atomic E-state index is 4.46. The summed E-state index contributed by atoms with van der Waals surface area (Å²) in [6.45, 7) is 6.63. The Morgan fingerprint density at radius 2 is 2.12 bits per heavy atom. The fraction of sp³-hybridized carbons (Fsp3) is 0.692. The van der Waals surface area contributed by atoms with E-state index in [0.717, 1.165) is 24.7 Å². The van der Waals surface area contributed by atoms with Crippen LogP contribution >= 0.6 is 0 Å². The molecule has 1 saturated heterocycles. The molecule has 0 radical (unpaired) electrons. The quantitative estimate of drug-likeness (QED) is 0.846. The lowest BCUT2D eigenvalue weighted by Crippen LogP contribution is -2.31. The van der Waals surface area contributed by atoms with E-state index in [-0.39, 0.29) is 0 Å². The van der Waals surface area contributed by atoms with E-state index in [2.05, 4.69) is 29.1 Å². The Kier molecular flexibility index (Phi) is 3.88. The van der Waals surface area contributed by atoms with Crippen molar-refractivity contribution in [2.24, 2.45) is 5.92 Å². The van der Waals surface area contributed by atoms with Crippen LogP contribution in [-0.4, -0.2) is 23.1 Å². The van der Waals surface area contributed by atoms with Crippen LogP contribution in [0.5, 0.6) is 0 Å². The maximum atomic E-state index is 4.46. The first kappa shape index (κ1) is 11.5. The minimum absolute atomic E-state index is 0.519. The van der Waals surface area contributed by atoms with E-state index in [1.807, 2.05) is 12.4 Å². The molecule has 0 aliphatic carbocycles. The highest BCUT2D eigenvalue weighted by Crippen LogP contribution is 2.15. The molecule has 0 spiro atoms. The van der Waals surface area contributed by atoms with Gasteiger partial charge in [-0.05, 0) is 43.3 Å². The van der Waals surface area contributed by atoms with Gasteiger partial charge in [-0.3, -0.25) is 0 Å². The number of hydrogen-bond acceptors (Lipinski definition) is 3. The average molecular weight is 219 g/mol. The van der Waals surface area contributed by atoms with Crippen LogP contribution in [0.3, 0.4) is 0 Å². The fourth-order valence-electron chi connectivity index (χ4n) is 2.12. The minimum Gasteiger partial charge on any atom is -0.316 e. The van der Waals surface area contributed by atoms with Gasteiger partial charge < -0.3 is 5.32 Å².